The van der Waals surface area contributed by atoms with Crippen LogP contribution in [0.2, 0.25) is 0 Å². The number of rotatable bonds is 3. The highest BCUT2D eigenvalue weighted by atomic mass is 19.4. The maximum Gasteiger partial charge on any atom is 0.430 e. The predicted molar refractivity (Wildman–Crippen MR) is 118 cm³/mol. The summed E-state index contributed by atoms with van der Waals surface area (Å²) in [6.07, 6.45) is -42.7. The van der Waals surface area contributed by atoms with Gasteiger partial charge in [0.1, 0.15) is 0 Å². The van der Waals surface area contributed by atoms with Crippen LogP contribution in [0.4, 0.5) is 90.4 Å². The first-order valence-electron chi connectivity index (χ1n) is 11.3. The van der Waals surface area contributed by atoms with E-state index in [0.29, 0.717) is 0 Å². The van der Waals surface area contributed by atoms with Gasteiger partial charge in [0.2, 0.25) is 0 Å². The number of halogens is 18. The Balaban J connectivity index is 2.99. The van der Waals surface area contributed by atoms with Crippen molar-refractivity contribution >= 4 is 32.9 Å². The van der Waals surface area contributed by atoms with Gasteiger partial charge in [-0.25, -0.2) is 0 Å². The van der Waals surface area contributed by atoms with E-state index in [1.807, 2.05) is 0 Å². The molecule has 0 fully saturated rings. The van der Waals surface area contributed by atoms with E-state index >= 15 is 0 Å². The molecular formula is C23H12F18N2O3. The minimum absolute atomic E-state index is 0.00911. The first-order valence-corrected chi connectivity index (χ1v) is 11.3. The second-order valence-corrected chi connectivity index (χ2v) is 9.62. The molecule has 7 N–H and O–H groups in total. The monoisotopic (exact) mass is 706 g/mol. The number of hydrogen-bond acceptors (Lipinski definition) is 5. The Morgan fingerprint density at radius 1 is 0.435 bits per heavy atom. The molecule has 0 aliphatic heterocycles. The molecule has 5 nitrogen and oxygen atoms in total. The Hall–Kier alpha value is -3.60. The zero-order chi connectivity index (χ0) is 36.2. The third-order valence-electron chi connectivity index (χ3n) is 6.96. The van der Waals surface area contributed by atoms with Crippen molar-refractivity contribution in [2.75, 3.05) is 11.5 Å². The van der Waals surface area contributed by atoms with Crippen LogP contribution in [-0.2, 0) is 16.8 Å². The summed E-state index contributed by atoms with van der Waals surface area (Å²) in [6.45, 7) is 0. The van der Waals surface area contributed by atoms with Gasteiger partial charge in [-0.3, -0.25) is 0 Å². The molecule has 0 amide bonds. The van der Waals surface area contributed by atoms with Gasteiger partial charge in [0, 0.05) is 33.5 Å². The molecule has 3 aromatic carbocycles. The number of anilines is 2. The molecule has 0 saturated carbocycles. The van der Waals surface area contributed by atoms with E-state index in [2.05, 4.69) is 0 Å². The van der Waals surface area contributed by atoms with Crippen molar-refractivity contribution in [3.8, 4) is 0 Å². The third kappa shape index (κ3) is 4.79. The highest BCUT2D eigenvalue weighted by molar-refractivity contribution is 6.16. The zero-order valence-electron chi connectivity index (χ0n) is 21.2. The van der Waals surface area contributed by atoms with Gasteiger partial charge >= 0.3 is 37.1 Å². The molecule has 0 heterocycles. The van der Waals surface area contributed by atoms with Crippen molar-refractivity contribution in [1.29, 1.82) is 0 Å². The second kappa shape index (κ2) is 9.95. The second-order valence-electron chi connectivity index (χ2n) is 9.62. The summed E-state index contributed by atoms with van der Waals surface area (Å²) in [5, 5.41) is 22.0. The number of nitrogens with two attached hydrogens (primary N) is 2. The highest BCUT2D eigenvalue weighted by Gasteiger charge is 2.76. The molecule has 0 radical (unpaired) electrons. The summed E-state index contributed by atoms with van der Waals surface area (Å²) in [4.78, 5) is 0. The first-order chi connectivity index (χ1) is 20.1. The van der Waals surface area contributed by atoms with Crippen LogP contribution in [-0.4, -0.2) is 52.4 Å². The van der Waals surface area contributed by atoms with Gasteiger partial charge in [0.05, 0.1) is 0 Å². The molecule has 23 heteroatoms. The molecule has 0 aromatic heterocycles. The fourth-order valence-electron chi connectivity index (χ4n) is 4.73. The van der Waals surface area contributed by atoms with Crippen molar-refractivity contribution in [1.82, 2.24) is 0 Å². The fourth-order valence-corrected chi connectivity index (χ4v) is 4.73. The van der Waals surface area contributed by atoms with Crippen LogP contribution in [0.5, 0.6) is 0 Å². The van der Waals surface area contributed by atoms with E-state index in [9.17, 15) is 94.3 Å². The topological polar surface area (TPSA) is 113 Å². The summed E-state index contributed by atoms with van der Waals surface area (Å²) >= 11 is 0. The van der Waals surface area contributed by atoms with Crippen LogP contribution in [0.1, 0.15) is 16.7 Å². The molecular weight excluding hydrogens is 694 g/mol. The van der Waals surface area contributed by atoms with Crippen LogP contribution in [0.15, 0.2) is 30.3 Å². The number of aliphatic hydroxyl groups is 3. The van der Waals surface area contributed by atoms with Crippen LogP contribution in [0.3, 0.4) is 0 Å². The Bertz CT molecular complexity index is 1640. The molecule has 0 atom stereocenters. The SMILES string of the molecule is Nc1c(C(O)(C(F)(F)F)C(F)(F)F)cc2ccc3c(N)ccc(C(O)(C(F)(F)F)C(F)(F)F)c3c2c1C(O)(C(F)(F)F)C(F)(F)F. The summed E-state index contributed by atoms with van der Waals surface area (Å²) in [5.41, 5.74) is -22.4. The number of benzene rings is 3. The average molecular weight is 706 g/mol. The maximum atomic E-state index is 14.1. The van der Waals surface area contributed by atoms with Gasteiger partial charge in [-0.15, -0.1) is 0 Å². The summed E-state index contributed by atoms with van der Waals surface area (Å²) in [5.74, 6) is 0. The molecule has 3 rings (SSSR count). The Kier molecular flexibility index (Phi) is 7.98. The minimum atomic E-state index is -7.33. The number of nitrogen functional groups attached to an aromatic ring is 2. The summed E-state index contributed by atoms with van der Waals surface area (Å²) in [7, 11) is 0. The Morgan fingerprint density at radius 2 is 0.804 bits per heavy atom. The number of hydrogen-bond donors (Lipinski definition) is 5. The van der Waals surface area contributed by atoms with Crippen molar-refractivity contribution in [3.63, 3.8) is 0 Å². The van der Waals surface area contributed by atoms with Crippen molar-refractivity contribution in [2.24, 2.45) is 0 Å². The quantitative estimate of drug-likeness (QED) is 0.114. The molecule has 3 aromatic rings. The average Bonchev–Trinajstić information content (AvgIpc) is 2.83. The zero-order valence-corrected chi connectivity index (χ0v) is 21.2. The summed E-state index contributed by atoms with van der Waals surface area (Å²) < 4.78 is 250. The highest BCUT2D eigenvalue weighted by Crippen LogP contribution is 2.60. The molecule has 0 aliphatic carbocycles. The van der Waals surface area contributed by atoms with Gasteiger partial charge in [0.15, 0.2) is 0 Å². The molecule has 0 aliphatic rings. The normalized spacial score (nSPS) is 15.2. The van der Waals surface area contributed by atoms with E-state index in [4.69, 9.17) is 11.5 Å². The molecule has 0 saturated heterocycles. The third-order valence-corrected chi connectivity index (χ3v) is 6.96. The largest absolute Gasteiger partial charge is 0.430 e. The fraction of sp³-hybridized carbons (Fsp3) is 0.391. The first kappa shape index (κ1) is 36.9. The van der Waals surface area contributed by atoms with E-state index in [0.717, 1.165) is 0 Å². The minimum Gasteiger partial charge on any atom is -0.398 e. The lowest BCUT2D eigenvalue weighted by molar-refractivity contribution is -0.378. The van der Waals surface area contributed by atoms with E-state index in [1.165, 1.54) is 0 Å². The Morgan fingerprint density at radius 3 is 1.17 bits per heavy atom. The van der Waals surface area contributed by atoms with Gasteiger partial charge in [-0.1, -0.05) is 18.2 Å². The lowest BCUT2D eigenvalue weighted by Crippen LogP contribution is -2.56. The molecule has 46 heavy (non-hydrogen) atoms. The van der Waals surface area contributed by atoms with Crippen LogP contribution < -0.4 is 11.5 Å². The van der Waals surface area contributed by atoms with Crippen LogP contribution >= 0.6 is 0 Å². The predicted octanol–water partition coefficient (Wildman–Crippen LogP) is 7.09. The van der Waals surface area contributed by atoms with Crippen LogP contribution in [0, 0.1) is 0 Å². The number of fused-ring (bicyclic) bond motifs is 3. The van der Waals surface area contributed by atoms with E-state index < -0.39 is 116 Å². The van der Waals surface area contributed by atoms with Gasteiger partial charge < -0.3 is 26.8 Å². The van der Waals surface area contributed by atoms with Gasteiger partial charge in [-0.05, 0) is 28.3 Å². The molecule has 0 spiro atoms. The summed E-state index contributed by atoms with van der Waals surface area (Å²) in [6, 6.07) is -0.864. The Labute approximate surface area is 240 Å². The molecule has 0 bridgehead atoms. The van der Waals surface area contributed by atoms with Gasteiger partial charge in [-0.2, -0.15) is 79.0 Å². The van der Waals surface area contributed by atoms with Crippen LogP contribution in [0.25, 0.3) is 21.5 Å². The molecule has 0 unspecified atom stereocenters. The number of alkyl halides is 18. The maximum absolute atomic E-state index is 14.1. The van der Waals surface area contributed by atoms with Crippen molar-refractivity contribution in [3.05, 3.63) is 47.0 Å². The van der Waals surface area contributed by atoms with E-state index in [1.54, 1.807) is 0 Å². The van der Waals surface area contributed by atoms with Gasteiger partial charge in [0.25, 0.3) is 16.8 Å². The van der Waals surface area contributed by atoms with E-state index in [-0.39, 0.29) is 18.2 Å². The smallest absolute Gasteiger partial charge is 0.398 e. The standard InChI is InChI=1S/C23H12F18N2O3/c24-18(25,26)15(44,19(27,28)29)8-3-4-10(42)7-2-1-6-5-9(16(45,20(30,31)32)21(33,34)35)14(43)13(11(6)12(7)8)17(46,22(36,37)38)23(39,40)41/h1-5,44-46H,42-43H2. The lowest BCUT2D eigenvalue weighted by Gasteiger charge is -2.39. The van der Waals surface area contributed by atoms with Crippen molar-refractivity contribution in [2.45, 2.75) is 53.9 Å². The molecule has 258 valence electrons. The lowest BCUT2D eigenvalue weighted by atomic mass is 9.77. The van der Waals surface area contributed by atoms with Crippen molar-refractivity contribution < 1.29 is 94.3 Å².